The number of nitrogens with one attached hydrogen (secondary N) is 1. The van der Waals surface area contributed by atoms with Gasteiger partial charge >= 0.3 is 0 Å². The lowest BCUT2D eigenvalue weighted by molar-refractivity contribution is -0.128. The van der Waals surface area contributed by atoms with Crippen LogP contribution in [-0.4, -0.2) is 37.5 Å². The highest BCUT2D eigenvalue weighted by molar-refractivity contribution is 5.77. The molecule has 1 amide bonds. The maximum absolute atomic E-state index is 11.4. The fourth-order valence-electron chi connectivity index (χ4n) is 1.01. The fourth-order valence-corrected chi connectivity index (χ4v) is 1.01. The quantitative estimate of drug-likeness (QED) is 0.467. The Hall–Kier alpha value is -1.09. The molecule has 0 aliphatic carbocycles. The molecular formula is C11H20N2O. The Morgan fingerprint density at radius 1 is 1.43 bits per heavy atom. The van der Waals surface area contributed by atoms with E-state index in [1.807, 2.05) is 13.1 Å². The first kappa shape index (κ1) is 12.9. The predicted molar refractivity (Wildman–Crippen MR) is 60.1 cm³/mol. The number of carbonyl (C=O) groups is 1. The molecule has 0 spiro atoms. The smallest absolute Gasteiger partial charge is 0.236 e. The molecular weight excluding hydrogens is 176 g/mol. The van der Waals surface area contributed by atoms with Gasteiger partial charge in [0.25, 0.3) is 0 Å². The van der Waals surface area contributed by atoms with Gasteiger partial charge in [-0.15, -0.1) is 13.2 Å². The maximum Gasteiger partial charge on any atom is 0.236 e. The van der Waals surface area contributed by atoms with Gasteiger partial charge in [-0.25, -0.2) is 0 Å². The molecule has 14 heavy (non-hydrogen) atoms. The topological polar surface area (TPSA) is 32.3 Å². The van der Waals surface area contributed by atoms with Crippen LogP contribution in [0.1, 0.15) is 12.8 Å². The van der Waals surface area contributed by atoms with Crippen LogP contribution in [0, 0.1) is 0 Å². The Kier molecular flexibility index (Phi) is 7.84. The third-order valence-corrected chi connectivity index (χ3v) is 1.89. The Labute approximate surface area is 86.5 Å². The summed E-state index contributed by atoms with van der Waals surface area (Å²) in [5.41, 5.74) is 0. The minimum Gasteiger partial charge on any atom is -0.345 e. The van der Waals surface area contributed by atoms with Crippen LogP contribution >= 0.6 is 0 Å². The van der Waals surface area contributed by atoms with E-state index >= 15 is 0 Å². The molecule has 0 atom stereocenters. The molecule has 0 aliphatic rings. The van der Waals surface area contributed by atoms with E-state index in [1.165, 1.54) is 0 Å². The molecule has 0 aromatic rings. The van der Waals surface area contributed by atoms with Crippen molar-refractivity contribution in [3.05, 3.63) is 25.3 Å². The van der Waals surface area contributed by atoms with E-state index < -0.39 is 0 Å². The first-order chi connectivity index (χ1) is 6.72. The fraction of sp³-hybridized carbons (Fsp3) is 0.545. The molecule has 0 aromatic carbocycles. The van der Waals surface area contributed by atoms with Crippen molar-refractivity contribution in [2.45, 2.75) is 12.8 Å². The molecule has 0 aromatic heterocycles. The minimum atomic E-state index is 0.121. The predicted octanol–water partition coefficient (Wildman–Crippen LogP) is 1.19. The number of carbonyl (C=O) groups excluding carboxylic acids is 1. The first-order valence-corrected chi connectivity index (χ1v) is 4.88. The summed E-state index contributed by atoms with van der Waals surface area (Å²) in [5, 5.41) is 2.98. The standard InChI is InChI=1S/C11H20N2O/c1-4-6-7-9-13(3)11(14)10-12-8-5-2/h4-5,12H,1-2,6-10H2,3H3. The van der Waals surface area contributed by atoms with Gasteiger partial charge in [-0.1, -0.05) is 12.2 Å². The first-order valence-electron chi connectivity index (χ1n) is 4.88. The summed E-state index contributed by atoms with van der Waals surface area (Å²) in [5.74, 6) is 0.121. The average Bonchev–Trinajstić information content (AvgIpc) is 2.18. The van der Waals surface area contributed by atoms with Crippen molar-refractivity contribution < 1.29 is 4.79 Å². The summed E-state index contributed by atoms with van der Waals surface area (Å²) in [6.07, 6.45) is 5.55. The van der Waals surface area contributed by atoms with Gasteiger partial charge in [0.05, 0.1) is 6.54 Å². The number of likely N-dealkylation sites (N-methyl/N-ethyl adjacent to an activating group) is 1. The van der Waals surface area contributed by atoms with Crippen LogP contribution < -0.4 is 5.32 Å². The summed E-state index contributed by atoms with van der Waals surface area (Å²) >= 11 is 0. The molecule has 3 nitrogen and oxygen atoms in total. The molecule has 0 radical (unpaired) electrons. The Morgan fingerprint density at radius 2 is 2.14 bits per heavy atom. The maximum atomic E-state index is 11.4. The van der Waals surface area contributed by atoms with E-state index in [0.717, 1.165) is 19.4 Å². The van der Waals surface area contributed by atoms with E-state index in [0.29, 0.717) is 13.1 Å². The number of hydrogen-bond donors (Lipinski definition) is 1. The van der Waals surface area contributed by atoms with Crippen LogP contribution in [-0.2, 0) is 4.79 Å². The van der Waals surface area contributed by atoms with E-state index in [-0.39, 0.29) is 5.91 Å². The van der Waals surface area contributed by atoms with Gasteiger partial charge in [0, 0.05) is 20.1 Å². The molecule has 0 saturated heterocycles. The van der Waals surface area contributed by atoms with E-state index in [2.05, 4.69) is 18.5 Å². The largest absolute Gasteiger partial charge is 0.345 e. The highest BCUT2D eigenvalue weighted by Crippen LogP contribution is 1.93. The normalized spacial score (nSPS) is 9.50. The molecule has 0 aliphatic heterocycles. The van der Waals surface area contributed by atoms with Crippen molar-refractivity contribution in [2.75, 3.05) is 26.7 Å². The van der Waals surface area contributed by atoms with Crippen molar-refractivity contribution in [1.82, 2.24) is 10.2 Å². The van der Waals surface area contributed by atoms with Crippen LogP contribution in [0.4, 0.5) is 0 Å². The van der Waals surface area contributed by atoms with E-state index in [1.54, 1.807) is 11.0 Å². The zero-order chi connectivity index (χ0) is 10.8. The molecule has 80 valence electrons. The molecule has 0 heterocycles. The third kappa shape index (κ3) is 6.43. The van der Waals surface area contributed by atoms with Crippen molar-refractivity contribution >= 4 is 5.91 Å². The summed E-state index contributed by atoms with van der Waals surface area (Å²) in [6.45, 7) is 9.05. The van der Waals surface area contributed by atoms with Gasteiger partial charge < -0.3 is 10.2 Å². The van der Waals surface area contributed by atoms with Gasteiger partial charge in [-0.3, -0.25) is 4.79 Å². The van der Waals surface area contributed by atoms with Gasteiger partial charge in [0.2, 0.25) is 5.91 Å². The van der Waals surface area contributed by atoms with Crippen molar-refractivity contribution in [3.8, 4) is 0 Å². The highest BCUT2D eigenvalue weighted by atomic mass is 16.2. The molecule has 1 N–H and O–H groups in total. The zero-order valence-electron chi connectivity index (χ0n) is 8.96. The average molecular weight is 196 g/mol. The van der Waals surface area contributed by atoms with Crippen LogP contribution in [0.2, 0.25) is 0 Å². The van der Waals surface area contributed by atoms with Crippen molar-refractivity contribution in [1.29, 1.82) is 0 Å². The lowest BCUT2D eigenvalue weighted by Gasteiger charge is -2.16. The number of rotatable bonds is 8. The van der Waals surface area contributed by atoms with Gasteiger partial charge in [0.15, 0.2) is 0 Å². The van der Waals surface area contributed by atoms with Crippen molar-refractivity contribution in [2.24, 2.45) is 0 Å². The third-order valence-electron chi connectivity index (χ3n) is 1.89. The summed E-state index contributed by atoms with van der Waals surface area (Å²) in [6, 6.07) is 0. The molecule has 0 bridgehead atoms. The molecule has 0 rings (SSSR count). The second-order valence-electron chi connectivity index (χ2n) is 3.17. The van der Waals surface area contributed by atoms with Gasteiger partial charge in [-0.2, -0.15) is 0 Å². The summed E-state index contributed by atoms with van der Waals surface area (Å²) in [7, 11) is 1.82. The highest BCUT2D eigenvalue weighted by Gasteiger charge is 2.05. The second-order valence-corrected chi connectivity index (χ2v) is 3.17. The molecule has 0 saturated carbocycles. The second kappa shape index (κ2) is 8.51. The number of amides is 1. The number of allylic oxidation sites excluding steroid dienone is 1. The zero-order valence-corrected chi connectivity index (χ0v) is 8.96. The Bertz CT molecular complexity index is 190. The van der Waals surface area contributed by atoms with Crippen LogP contribution in [0.15, 0.2) is 25.3 Å². The van der Waals surface area contributed by atoms with Crippen LogP contribution in [0.25, 0.3) is 0 Å². The van der Waals surface area contributed by atoms with Crippen LogP contribution in [0.3, 0.4) is 0 Å². The number of nitrogens with zero attached hydrogens (tertiary/aromatic N) is 1. The lowest BCUT2D eigenvalue weighted by atomic mass is 10.3. The summed E-state index contributed by atoms with van der Waals surface area (Å²) < 4.78 is 0. The molecule has 3 heteroatoms. The number of unbranched alkanes of at least 4 members (excludes halogenated alkanes) is 1. The van der Waals surface area contributed by atoms with Crippen molar-refractivity contribution in [3.63, 3.8) is 0 Å². The Morgan fingerprint density at radius 3 is 2.71 bits per heavy atom. The number of hydrogen-bond acceptors (Lipinski definition) is 2. The minimum absolute atomic E-state index is 0.121. The Balaban J connectivity index is 3.53. The van der Waals surface area contributed by atoms with Crippen LogP contribution in [0.5, 0.6) is 0 Å². The molecule has 0 fully saturated rings. The van der Waals surface area contributed by atoms with Gasteiger partial charge in [0.1, 0.15) is 0 Å². The molecule has 0 unspecified atom stereocenters. The van der Waals surface area contributed by atoms with Gasteiger partial charge in [-0.05, 0) is 12.8 Å². The summed E-state index contributed by atoms with van der Waals surface area (Å²) in [4.78, 5) is 13.2. The van der Waals surface area contributed by atoms with E-state index in [4.69, 9.17) is 0 Å². The monoisotopic (exact) mass is 196 g/mol. The lowest BCUT2D eigenvalue weighted by Crippen LogP contribution is -2.36. The van der Waals surface area contributed by atoms with E-state index in [9.17, 15) is 4.79 Å². The SMILES string of the molecule is C=CCCCN(C)C(=O)CNCC=C.